The number of para-hydroxylation sites is 1. The second kappa shape index (κ2) is 7.76. The Labute approximate surface area is 157 Å². The molecule has 0 saturated heterocycles. The lowest BCUT2D eigenvalue weighted by Crippen LogP contribution is -2.25. The van der Waals surface area contributed by atoms with Gasteiger partial charge in [-0.05, 0) is 23.6 Å². The molecule has 4 aromatic rings. The number of carbonyl (C=O) groups is 1. The van der Waals surface area contributed by atoms with Gasteiger partial charge in [0.25, 0.3) is 0 Å². The maximum atomic E-state index is 12.0. The second-order valence-corrected chi connectivity index (χ2v) is 7.59. The first-order valence-electron chi connectivity index (χ1n) is 8.24. The van der Waals surface area contributed by atoms with Gasteiger partial charge in [0.1, 0.15) is 0 Å². The van der Waals surface area contributed by atoms with Crippen LogP contribution in [0.3, 0.4) is 0 Å². The van der Waals surface area contributed by atoms with E-state index >= 15 is 0 Å². The molecule has 0 aliphatic rings. The van der Waals surface area contributed by atoms with Crippen LogP contribution in [0, 0.1) is 0 Å². The van der Waals surface area contributed by atoms with Gasteiger partial charge in [-0.3, -0.25) is 4.79 Å². The largest absolute Gasteiger partial charge is 0.356 e. The monoisotopic (exact) mass is 384 g/mol. The summed E-state index contributed by atoms with van der Waals surface area (Å²) in [5.41, 5.74) is 1.95. The van der Waals surface area contributed by atoms with Crippen LogP contribution < -0.4 is 5.32 Å². The molecule has 8 heteroatoms. The molecule has 0 unspecified atom stereocenters. The third kappa shape index (κ3) is 3.97. The Kier molecular flexibility index (Phi) is 5.03. The van der Waals surface area contributed by atoms with Gasteiger partial charge in [-0.25, -0.2) is 4.98 Å². The number of benzene rings is 1. The Hall–Kier alpha value is -2.58. The quantitative estimate of drug-likeness (QED) is 0.525. The molecule has 0 radical (unpaired) electrons. The van der Waals surface area contributed by atoms with Gasteiger partial charge in [0.15, 0.2) is 0 Å². The molecule has 26 heavy (non-hydrogen) atoms. The summed E-state index contributed by atoms with van der Waals surface area (Å²) in [6, 6.07) is 9.99. The van der Waals surface area contributed by atoms with Crippen LogP contribution in [-0.2, 0) is 17.6 Å². The van der Waals surface area contributed by atoms with E-state index in [1.807, 2.05) is 35.0 Å². The predicted octanol–water partition coefficient (Wildman–Crippen LogP) is 3.70. The van der Waals surface area contributed by atoms with Crippen molar-refractivity contribution in [2.75, 3.05) is 6.54 Å². The molecule has 1 N–H and O–H groups in total. The number of rotatable bonds is 7. The van der Waals surface area contributed by atoms with E-state index in [4.69, 9.17) is 4.52 Å². The van der Waals surface area contributed by atoms with Crippen molar-refractivity contribution < 1.29 is 9.32 Å². The Morgan fingerprint density at radius 2 is 2.08 bits per heavy atom. The number of hydrogen-bond acceptors (Lipinski definition) is 7. The number of hydrogen-bond donors (Lipinski definition) is 1. The van der Waals surface area contributed by atoms with Crippen molar-refractivity contribution in [3.8, 4) is 11.4 Å². The van der Waals surface area contributed by atoms with E-state index in [9.17, 15) is 4.79 Å². The van der Waals surface area contributed by atoms with Crippen LogP contribution in [0.1, 0.15) is 17.3 Å². The van der Waals surface area contributed by atoms with Crippen LogP contribution in [0.2, 0.25) is 0 Å². The van der Waals surface area contributed by atoms with Crippen molar-refractivity contribution in [3.05, 3.63) is 52.0 Å². The summed E-state index contributed by atoms with van der Waals surface area (Å²) in [5, 5.41) is 11.8. The number of thiazole rings is 1. The standard InChI is InChI=1S/C18H16N4O2S2/c23-15(5-6-16-21-18(22-24-16)12-8-10-25-11-12)19-9-7-17-20-13-3-1-2-4-14(13)26-17/h1-4,8,10-11H,5-7,9H2,(H,19,23). The number of fused-ring (bicyclic) bond motifs is 1. The predicted molar refractivity (Wildman–Crippen MR) is 102 cm³/mol. The lowest BCUT2D eigenvalue weighted by Gasteiger charge is -2.02. The number of nitrogens with one attached hydrogen (secondary N) is 1. The van der Waals surface area contributed by atoms with Crippen molar-refractivity contribution in [2.24, 2.45) is 0 Å². The van der Waals surface area contributed by atoms with Crippen LogP contribution >= 0.6 is 22.7 Å². The van der Waals surface area contributed by atoms with Crippen molar-refractivity contribution in [1.29, 1.82) is 0 Å². The maximum Gasteiger partial charge on any atom is 0.227 e. The zero-order valence-electron chi connectivity index (χ0n) is 13.8. The summed E-state index contributed by atoms with van der Waals surface area (Å²) in [5.74, 6) is 1.02. The topological polar surface area (TPSA) is 80.9 Å². The van der Waals surface area contributed by atoms with Crippen LogP contribution in [0.5, 0.6) is 0 Å². The summed E-state index contributed by atoms with van der Waals surface area (Å²) in [4.78, 5) is 20.9. The first-order chi connectivity index (χ1) is 12.8. The van der Waals surface area contributed by atoms with Gasteiger partial charge in [0.2, 0.25) is 17.6 Å². The lowest BCUT2D eigenvalue weighted by atomic mass is 10.3. The molecule has 0 fully saturated rings. The molecule has 6 nitrogen and oxygen atoms in total. The minimum absolute atomic E-state index is 0.0265. The van der Waals surface area contributed by atoms with E-state index in [-0.39, 0.29) is 5.91 Å². The molecule has 1 aromatic carbocycles. The van der Waals surface area contributed by atoms with Crippen LogP contribution in [0.25, 0.3) is 21.6 Å². The molecule has 3 aromatic heterocycles. The molecule has 4 rings (SSSR count). The maximum absolute atomic E-state index is 12.0. The zero-order valence-corrected chi connectivity index (χ0v) is 15.5. The number of aromatic nitrogens is 3. The fourth-order valence-electron chi connectivity index (χ4n) is 2.51. The van der Waals surface area contributed by atoms with Gasteiger partial charge < -0.3 is 9.84 Å². The third-order valence-corrected chi connectivity index (χ3v) is 5.59. The second-order valence-electron chi connectivity index (χ2n) is 5.70. The summed E-state index contributed by atoms with van der Waals surface area (Å²) < 4.78 is 6.37. The summed E-state index contributed by atoms with van der Waals surface area (Å²) >= 11 is 3.25. The minimum Gasteiger partial charge on any atom is -0.356 e. The van der Waals surface area contributed by atoms with Gasteiger partial charge >= 0.3 is 0 Å². The highest BCUT2D eigenvalue weighted by atomic mass is 32.1. The molecule has 0 spiro atoms. The lowest BCUT2D eigenvalue weighted by molar-refractivity contribution is -0.121. The van der Waals surface area contributed by atoms with Crippen LogP contribution in [0.15, 0.2) is 45.6 Å². The van der Waals surface area contributed by atoms with Gasteiger partial charge in [-0.1, -0.05) is 17.3 Å². The molecule has 1 amide bonds. The Bertz CT molecular complexity index is 974. The molecular weight excluding hydrogens is 368 g/mol. The molecule has 0 aliphatic heterocycles. The zero-order chi connectivity index (χ0) is 17.8. The van der Waals surface area contributed by atoms with E-state index in [1.54, 1.807) is 22.7 Å². The van der Waals surface area contributed by atoms with E-state index in [0.717, 1.165) is 22.5 Å². The van der Waals surface area contributed by atoms with Gasteiger partial charge in [0.05, 0.1) is 15.2 Å². The number of aryl methyl sites for hydroxylation is 1. The summed E-state index contributed by atoms with van der Waals surface area (Å²) in [6.07, 6.45) is 1.49. The van der Waals surface area contributed by atoms with Gasteiger partial charge in [-0.15, -0.1) is 11.3 Å². The first-order valence-corrected chi connectivity index (χ1v) is 10.0. The molecular formula is C18H16N4O2S2. The molecule has 3 heterocycles. The van der Waals surface area contributed by atoms with Crippen LogP contribution in [0.4, 0.5) is 0 Å². The first kappa shape index (κ1) is 16.9. The van der Waals surface area contributed by atoms with Gasteiger partial charge in [0, 0.05) is 36.8 Å². The molecule has 0 atom stereocenters. The number of nitrogens with zero attached hydrogens (tertiary/aromatic N) is 3. The normalized spacial score (nSPS) is 11.1. The average molecular weight is 384 g/mol. The van der Waals surface area contributed by atoms with E-state index in [1.165, 1.54) is 4.70 Å². The minimum atomic E-state index is -0.0265. The number of carbonyl (C=O) groups excluding carboxylic acids is 1. The molecule has 0 bridgehead atoms. The highest BCUT2D eigenvalue weighted by Gasteiger charge is 2.11. The highest BCUT2D eigenvalue weighted by Crippen LogP contribution is 2.21. The van der Waals surface area contributed by atoms with E-state index in [0.29, 0.717) is 31.1 Å². The molecule has 132 valence electrons. The number of amides is 1. The molecule has 0 saturated carbocycles. The number of thiophene rings is 1. The fraction of sp³-hybridized carbons (Fsp3) is 0.222. The van der Waals surface area contributed by atoms with E-state index in [2.05, 4.69) is 26.5 Å². The summed E-state index contributed by atoms with van der Waals surface area (Å²) in [7, 11) is 0. The smallest absolute Gasteiger partial charge is 0.227 e. The molecule has 0 aliphatic carbocycles. The van der Waals surface area contributed by atoms with Crippen LogP contribution in [-0.4, -0.2) is 27.6 Å². The van der Waals surface area contributed by atoms with Gasteiger partial charge in [-0.2, -0.15) is 16.3 Å². The average Bonchev–Trinajstić information content (AvgIpc) is 3.38. The Morgan fingerprint density at radius 1 is 1.15 bits per heavy atom. The Balaban J connectivity index is 1.23. The Morgan fingerprint density at radius 3 is 2.92 bits per heavy atom. The van der Waals surface area contributed by atoms with E-state index < -0.39 is 0 Å². The third-order valence-electron chi connectivity index (χ3n) is 3.81. The fourth-order valence-corrected chi connectivity index (χ4v) is 4.11. The van der Waals surface area contributed by atoms with Crippen molar-refractivity contribution in [1.82, 2.24) is 20.4 Å². The highest BCUT2D eigenvalue weighted by molar-refractivity contribution is 7.18. The van der Waals surface area contributed by atoms with Crippen molar-refractivity contribution >= 4 is 38.8 Å². The SMILES string of the molecule is O=C(CCc1nc(-c2ccsc2)no1)NCCc1nc2ccccc2s1. The van der Waals surface area contributed by atoms with Crippen molar-refractivity contribution in [3.63, 3.8) is 0 Å². The van der Waals surface area contributed by atoms with Crippen molar-refractivity contribution in [2.45, 2.75) is 19.3 Å². The summed E-state index contributed by atoms with van der Waals surface area (Å²) in [6.45, 7) is 0.572.